The molecular formula is C23H31FN4O2. The molecule has 7 heteroatoms. The molecule has 2 aromatic carbocycles. The van der Waals surface area contributed by atoms with E-state index in [1.807, 2.05) is 24.3 Å². The lowest BCUT2D eigenvalue weighted by Crippen LogP contribution is -2.50. The van der Waals surface area contributed by atoms with E-state index in [1.54, 1.807) is 17.0 Å². The van der Waals surface area contributed by atoms with E-state index in [9.17, 15) is 9.18 Å². The lowest BCUT2D eigenvalue weighted by Gasteiger charge is -2.36. The van der Waals surface area contributed by atoms with Gasteiger partial charge in [-0.1, -0.05) is 26.0 Å². The molecule has 2 aromatic rings. The van der Waals surface area contributed by atoms with Crippen LogP contribution in [0.5, 0.6) is 5.75 Å². The molecule has 0 bridgehead atoms. The second-order valence-electron chi connectivity index (χ2n) is 7.25. The Hall–Kier alpha value is -2.80. The van der Waals surface area contributed by atoms with E-state index >= 15 is 0 Å². The molecule has 1 aliphatic heterocycles. The predicted molar refractivity (Wildman–Crippen MR) is 119 cm³/mol. The van der Waals surface area contributed by atoms with Crippen LogP contribution in [0.25, 0.3) is 0 Å². The number of anilines is 2. The summed E-state index contributed by atoms with van der Waals surface area (Å²) in [4.78, 5) is 19.0. The lowest BCUT2D eigenvalue weighted by atomic mass is 10.2. The Balaban J connectivity index is 1.52. The average Bonchev–Trinajstić information content (AvgIpc) is 2.78. The van der Waals surface area contributed by atoms with Crippen LogP contribution in [0, 0.1) is 5.82 Å². The number of nitrogens with one attached hydrogen (secondary N) is 1. The first kappa shape index (κ1) is 21.9. The van der Waals surface area contributed by atoms with Crippen molar-refractivity contribution in [2.24, 2.45) is 0 Å². The topological polar surface area (TPSA) is 48.1 Å². The Morgan fingerprint density at radius 1 is 1.03 bits per heavy atom. The number of hydrogen-bond acceptors (Lipinski definition) is 4. The number of hydrogen-bond donors (Lipinski definition) is 1. The minimum absolute atomic E-state index is 0.131. The van der Waals surface area contributed by atoms with E-state index in [0.717, 1.165) is 25.3 Å². The number of nitrogens with zero attached hydrogens (tertiary/aromatic N) is 3. The van der Waals surface area contributed by atoms with E-state index in [4.69, 9.17) is 4.74 Å². The highest BCUT2D eigenvalue weighted by Gasteiger charge is 2.22. The maximum atomic E-state index is 13.1. The van der Waals surface area contributed by atoms with E-state index in [-0.39, 0.29) is 11.8 Å². The van der Waals surface area contributed by atoms with Crippen molar-refractivity contribution in [3.63, 3.8) is 0 Å². The normalized spacial score (nSPS) is 14.1. The van der Waals surface area contributed by atoms with E-state index in [2.05, 4.69) is 29.0 Å². The smallest absolute Gasteiger partial charge is 0.322 e. The molecule has 1 N–H and O–H groups in total. The van der Waals surface area contributed by atoms with Crippen molar-refractivity contribution in [2.75, 3.05) is 62.6 Å². The zero-order valence-corrected chi connectivity index (χ0v) is 17.8. The monoisotopic (exact) mass is 414 g/mol. The van der Waals surface area contributed by atoms with Gasteiger partial charge in [0.2, 0.25) is 0 Å². The van der Waals surface area contributed by atoms with Crippen LogP contribution in [-0.4, -0.2) is 68.3 Å². The summed E-state index contributed by atoms with van der Waals surface area (Å²) in [5, 5.41) is 2.99. The SMILES string of the molecule is CCN(CC)CCOc1ccccc1NC(=O)N1CCN(c2ccc(F)cc2)CC1. The molecule has 0 saturated carbocycles. The zero-order chi connectivity index (χ0) is 21.3. The van der Waals surface area contributed by atoms with Gasteiger partial charge >= 0.3 is 6.03 Å². The number of likely N-dealkylation sites (N-methyl/N-ethyl adjacent to an activating group) is 1. The fourth-order valence-corrected chi connectivity index (χ4v) is 3.53. The van der Waals surface area contributed by atoms with Gasteiger partial charge in [0.1, 0.15) is 18.2 Å². The van der Waals surface area contributed by atoms with E-state index in [0.29, 0.717) is 44.2 Å². The largest absolute Gasteiger partial charge is 0.490 e. The molecule has 0 spiro atoms. The second-order valence-corrected chi connectivity index (χ2v) is 7.25. The van der Waals surface area contributed by atoms with Crippen LogP contribution in [0.4, 0.5) is 20.6 Å². The number of amides is 2. The molecule has 0 atom stereocenters. The summed E-state index contributed by atoms with van der Waals surface area (Å²) in [6, 6.07) is 13.9. The molecular weight excluding hydrogens is 383 g/mol. The number of halogens is 1. The molecule has 0 aromatic heterocycles. The predicted octanol–water partition coefficient (Wildman–Crippen LogP) is 3.90. The highest BCUT2D eigenvalue weighted by atomic mass is 19.1. The summed E-state index contributed by atoms with van der Waals surface area (Å²) in [7, 11) is 0. The third kappa shape index (κ3) is 5.86. The van der Waals surface area contributed by atoms with Crippen LogP contribution in [0.3, 0.4) is 0 Å². The molecule has 2 amide bonds. The molecule has 6 nitrogen and oxygen atoms in total. The summed E-state index contributed by atoms with van der Waals surface area (Å²) < 4.78 is 19.1. The summed E-state index contributed by atoms with van der Waals surface area (Å²) in [6.45, 7) is 10.3. The first-order valence-electron chi connectivity index (χ1n) is 10.6. The van der Waals surface area contributed by atoms with Crippen molar-refractivity contribution in [2.45, 2.75) is 13.8 Å². The highest BCUT2D eigenvalue weighted by Crippen LogP contribution is 2.24. The van der Waals surface area contributed by atoms with E-state index in [1.165, 1.54) is 12.1 Å². The zero-order valence-electron chi connectivity index (χ0n) is 17.8. The first-order valence-corrected chi connectivity index (χ1v) is 10.6. The number of benzene rings is 2. The van der Waals surface area contributed by atoms with E-state index < -0.39 is 0 Å². The molecule has 1 heterocycles. The molecule has 3 rings (SSSR count). The van der Waals surface area contributed by atoms with Gasteiger partial charge in [-0.25, -0.2) is 9.18 Å². The fraction of sp³-hybridized carbons (Fsp3) is 0.435. The number of urea groups is 1. The Kier molecular flexibility index (Phi) is 7.90. The Bertz CT molecular complexity index is 803. The Morgan fingerprint density at radius 2 is 1.70 bits per heavy atom. The third-order valence-corrected chi connectivity index (χ3v) is 5.45. The molecule has 0 aliphatic carbocycles. The summed E-state index contributed by atoms with van der Waals surface area (Å²) in [5.74, 6) is 0.442. The van der Waals surface area contributed by atoms with Gasteiger partial charge in [0.25, 0.3) is 0 Å². The number of ether oxygens (including phenoxy) is 1. The number of carbonyl (C=O) groups excluding carboxylic acids is 1. The first-order chi connectivity index (χ1) is 14.6. The van der Waals surface area contributed by atoms with Gasteiger partial charge in [-0.15, -0.1) is 0 Å². The van der Waals surface area contributed by atoms with Crippen LogP contribution >= 0.6 is 0 Å². The van der Waals surface area contributed by atoms with Crippen LogP contribution in [-0.2, 0) is 0 Å². The molecule has 0 unspecified atom stereocenters. The molecule has 1 aliphatic rings. The fourth-order valence-electron chi connectivity index (χ4n) is 3.53. The summed E-state index contributed by atoms with van der Waals surface area (Å²) in [5.41, 5.74) is 1.66. The van der Waals surface area contributed by atoms with Crippen LogP contribution < -0.4 is 15.0 Å². The van der Waals surface area contributed by atoms with Crippen molar-refractivity contribution in [1.82, 2.24) is 9.80 Å². The second kappa shape index (κ2) is 10.8. The van der Waals surface area contributed by atoms with Crippen molar-refractivity contribution in [1.29, 1.82) is 0 Å². The minimum Gasteiger partial charge on any atom is -0.490 e. The quantitative estimate of drug-likeness (QED) is 0.712. The van der Waals surface area contributed by atoms with Crippen LogP contribution in [0.2, 0.25) is 0 Å². The van der Waals surface area contributed by atoms with Crippen molar-refractivity contribution in [3.8, 4) is 5.75 Å². The van der Waals surface area contributed by atoms with Gasteiger partial charge in [-0.3, -0.25) is 0 Å². The van der Waals surface area contributed by atoms with Gasteiger partial charge in [-0.05, 0) is 49.5 Å². The average molecular weight is 415 g/mol. The Labute approximate surface area is 178 Å². The summed E-state index contributed by atoms with van der Waals surface area (Å²) in [6.07, 6.45) is 0. The van der Waals surface area contributed by atoms with Gasteiger partial charge in [0.15, 0.2) is 0 Å². The number of para-hydroxylation sites is 2. The van der Waals surface area contributed by atoms with Crippen molar-refractivity contribution < 1.29 is 13.9 Å². The van der Waals surface area contributed by atoms with Crippen LogP contribution in [0.15, 0.2) is 48.5 Å². The standard InChI is InChI=1S/C23H31FN4O2/c1-3-26(4-2)17-18-30-22-8-6-5-7-21(22)25-23(29)28-15-13-27(14-16-28)20-11-9-19(24)10-12-20/h5-12H,3-4,13-18H2,1-2H3,(H,25,29). The van der Waals surface area contributed by atoms with Gasteiger partial charge in [-0.2, -0.15) is 0 Å². The van der Waals surface area contributed by atoms with Gasteiger partial charge in [0.05, 0.1) is 5.69 Å². The number of piperazine rings is 1. The molecule has 1 fully saturated rings. The van der Waals surface area contributed by atoms with Crippen LogP contribution in [0.1, 0.15) is 13.8 Å². The van der Waals surface area contributed by atoms with Crippen molar-refractivity contribution >= 4 is 17.4 Å². The maximum absolute atomic E-state index is 13.1. The van der Waals surface area contributed by atoms with Gasteiger partial charge < -0.3 is 24.8 Å². The summed E-state index contributed by atoms with van der Waals surface area (Å²) >= 11 is 0. The molecule has 30 heavy (non-hydrogen) atoms. The third-order valence-electron chi connectivity index (χ3n) is 5.45. The number of carbonyl (C=O) groups is 1. The minimum atomic E-state index is -0.241. The van der Waals surface area contributed by atoms with Gasteiger partial charge in [0, 0.05) is 38.4 Å². The lowest BCUT2D eigenvalue weighted by molar-refractivity contribution is 0.207. The Morgan fingerprint density at radius 3 is 2.37 bits per heavy atom. The number of rotatable bonds is 8. The van der Waals surface area contributed by atoms with Crippen molar-refractivity contribution in [3.05, 3.63) is 54.3 Å². The molecule has 162 valence electrons. The molecule has 0 radical (unpaired) electrons. The maximum Gasteiger partial charge on any atom is 0.322 e. The highest BCUT2D eigenvalue weighted by molar-refractivity contribution is 5.91. The molecule has 1 saturated heterocycles.